The third kappa shape index (κ3) is 3.80. The van der Waals surface area contributed by atoms with Crippen LogP contribution in [0.15, 0.2) is 54.6 Å². The average molecular weight is 426 g/mol. The molecule has 2 aliphatic rings. The van der Waals surface area contributed by atoms with Crippen molar-refractivity contribution in [1.29, 1.82) is 0 Å². The van der Waals surface area contributed by atoms with Gasteiger partial charge in [0.25, 0.3) is 5.69 Å². The number of nitrogens with one attached hydrogen (secondary N) is 1. The zero-order valence-corrected chi connectivity index (χ0v) is 16.8. The van der Waals surface area contributed by atoms with Gasteiger partial charge in [0, 0.05) is 17.6 Å². The molecule has 8 heteroatoms. The Morgan fingerprint density at radius 2 is 1.67 bits per heavy atom. The predicted molar refractivity (Wildman–Crippen MR) is 115 cm³/mol. The summed E-state index contributed by atoms with van der Waals surface area (Å²) in [6, 6.07) is 11.8. The maximum atomic E-state index is 12.7. The molecule has 1 saturated heterocycles. The molecule has 1 fully saturated rings. The number of nitro groups is 1. The second-order valence-electron chi connectivity index (χ2n) is 7.43. The molecule has 2 atom stereocenters. The van der Waals surface area contributed by atoms with Crippen LogP contribution in [0.1, 0.15) is 18.4 Å². The number of benzene rings is 2. The molecule has 0 spiro atoms. The van der Waals surface area contributed by atoms with Gasteiger partial charge in [-0.3, -0.25) is 19.7 Å². The highest BCUT2D eigenvalue weighted by Gasteiger charge is 2.48. The summed E-state index contributed by atoms with van der Waals surface area (Å²) >= 11 is 5.88. The van der Waals surface area contributed by atoms with E-state index in [0.717, 1.165) is 10.5 Å². The zero-order valence-electron chi connectivity index (χ0n) is 16.1. The number of carbonyl (C=O) groups is 2. The van der Waals surface area contributed by atoms with Crippen LogP contribution in [0, 0.1) is 22.0 Å². The molecule has 154 valence electrons. The van der Waals surface area contributed by atoms with E-state index < -0.39 is 4.92 Å². The topological polar surface area (TPSA) is 92.6 Å². The maximum Gasteiger partial charge on any atom is 0.294 e. The molecule has 2 aromatic rings. The fourth-order valence-electron chi connectivity index (χ4n) is 4.01. The molecule has 0 aromatic heterocycles. The van der Waals surface area contributed by atoms with E-state index in [1.54, 1.807) is 24.3 Å². The fraction of sp³-hybridized carbons (Fsp3) is 0.273. The van der Waals surface area contributed by atoms with Crippen LogP contribution in [-0.2, 0) is 16.0 Å². The van der Waals surface area contributed by atoms with Crippen molar-refractivity contribution in [3.05, 3.63) is 75.3 Å². The van der Waals surface area contributed by atoms with E-state index in [-0.39, 0.29) is 35.0 Å². The largest absolute Gasteiger partial charge is 0.379 e. The lowest BCUT2D eigenvalue weighted by atomic mass is 9.85. The zero-order chi connectivity index (χ0) is 21.3. The summed E-state index contributed by atoms with van der Waals surface area (Å²) in [5.41, 5.74) is 1.47. The second-order valence-corrected chi connectivity index (χ2v) is 7.87. The molecule has 1 N–H and O–H groups in total. The number of rotatable bonds is 6. The first-order chi connectivity index (χ1) is 14.5. The number of carbonyl (C=O) groups excluding carboxylic acids is 2. The van der Waals surface area contributed by atoms with Gasteiger partial charge in [0.05, 0.1) is 22.4 Å². The first-order valence-electron chi connectivity index (χ1n) is 9.75. The summed E-state index contributed by atoms with van der Waals surface area (Å²) in [5.74, 6) is -1.32. The molecular weight excluding hydrogens is 406 g/mol. The van der Waals surface area contributed by atoms with Crippen molar-refractivity contribution in [2.45, 2.75) is 19.3 Å². The highest BCUT2D eigenvalue weighted by molar-refractivity contribution is 6.30. The number of imide groups is 1. The van der Waals surface area contributed by atoms with Crippen molar-refractivity contribution in [2.75, 3.05) is 16.8 Å². The Morgan fingerprint density at radius 3 is 2.27 bits per heavy atom. The predicted octanol–water partition coefficient (Wildman–Crippen LogP) is 4.36. The van der Waals surface area contributed by atoms with Crippen molar-refractivity contribution >= 4 is 40.5 Å². The SMILES string of the molecule is O=C1[C@H]2CC=CC[C@@H]2C(=O)N1c1ccc(NCCc2ccc(Cl)cc2)c([N+](=O)[O-])c1. The van der Waals surface area contributed by atoms with Crippen molar-refractivity contribution < 1.29 is 14.5 Å². The molecule has 2 aromatic carbocycles. The number of allylic oxidation sites excluding steroid dienone is 2. The van der Waals surface area contributed by atoms with E-state index in [9.17, 15) is 19.7 Å². The number of halogens is 1. The molecule has 30 heavy (non-hydrogen) atoms. The minimum absolute atomic E-state index is 0.169. The average Bonchev–Trinajstić information content (AvgIpc) is 3.00. The van der Waals surface area contributed by atoms with E-state index in [1.807, 2.05) is 24.3 Å². The molecule has 0 unspecified atom stereocenters. The van der Waals surface area contributed by atoms with Crippen LogP contribution in [0.25, 0.3) is 0 Å². The lowest BCUT2D eigenvalue weighted by molar-refractivity contribution is -0.383. The van der Waals surface area contributed by atoms with Gasteiger partial charge in [-0.1, -0.05) is 35.9 Å². The Hall–Kier alpha value is -3.19. The minimum Gasteiger partial charge on any atom is -0.379 e. The quantitative estimate of drug-likeness (QED) is 0.321. The fourth-order valence-corrected chi connectivity index (χ4v) is 4.13. The Kier molecular flexibility index (Phi) is 5.55. The first-order valence-corrected chi connectivity index (χ1v) is 10.1. The summed E-state index contributed by atoms with van der Waals surface area (Å²) in [7, 11) is 0. The van der Waals surface area contributed by atoms with Crippen LogP contribution in [0.2, 0.25) is 5.02 Å². The van der Waals surface area contributed by atoms with Crippen molar-refractivity contribution in [3.8, 4) is 0 Å². The Labute approximate surface area is 178 Å². The van der Waals surface area contributed by atoms with Gasteiger partial charge in [-0.25, -0.2) is 4.90 Å². The van der Waals surface area contributed by atoms with Crippen LogP contribution in [0.5, 0.6) is 0 Å². The molecule has 0 radical (unpaired) electrons. The van der Waals surface area contributed by atoms with Gasteiger partial charge in [0.2, 0.25) is 11.8 Å². The minimum atomic E-state index is -0.506. The standard InChI is InChI=1S/C22H20ClN3O4/c23-15-7-5-14(6-8-15)11-12-24-19-10-9-16(13-20(19)26(29)30)25-21(27)17-3-1-2-4-18(17)22(25)28/h1-2,5-10,13,17-18,24H,3-4,11-12H2/t17-,18-/m0/s1. The monoisotopic (exact) mass is 425 g/mol. The van der Waals surface area contributed by atoms with Crippen LogP contribution in [0.4, 0.5) is 17.1 Å². The van der Waals surface area contributed by atoms with Gasteiger partial charge >= 0.3 is 0 Å². The summed E-state index contributed by atoms with van der Waals surface area (Å²) in [5, 5.41) is 15.4. The number of hydrogen-bond donors (Lipinski definition) is 1. The summed E-state index contributed by atoms with van der Waals surface area (Å²) in [6.07, 6.45) is 5.53. The summed E-state index contributed by atoms with van der Waals surface area (Å²) < 4.78 is 0. The number of hydrogen-bond acceptors (Lipinski definition) is 5. The van der Waals surface area contributed by atoms with Crippen molar-refractivity contribution in [1.82, 2.24) is 0 Å². The van der Waals surface area contributed by atoms with Crippen molar-refractivity contribution in [3.63, 3.8) is 0 Å². The third-order valence-corrected chi connectivity index (χ3v) is 5.84. The molecule has 2 amide bonds. The number of fused-ring (bicyclic) bond motifs is 1. The highest BCUT2D eigenvalue weighted by Crippen LogP contribution is 2.39. The van der Waals surface area contributed by atoms with Crippen LogP contribution >= 0.6 is 11.6 Å². The number of nitro benzene ring substituents is 1. The molecule has 7 nitrogen and oxygen atoms in total. The Balaban J connectivity index is 1.52. The van der Waals surface area contributed by atoms with Crippen LogP contribution in [-0.4, -0.2) is 23.3 Å². The number of nitrogens with zero attached hydrogens (tertiary/aromatic N) is 2. The lowest BCUT2D eigenvalue weighted by Gasteiger charge is -2.16. The molecule has 1 aliphatic carbocycles. The van der Waals surface area contributed by atoms with Crippen LogP contribution in [0.3, 0.4) is 0 Å². The Morgan fingerprint density at radius 1 is 1.03 bits per heavy atom. The normalized spacial score (nSPS) is 20.4. The maximum absolute atomic E-state index is 12.7. The number of anilines is 2. The van der Waals surface area contributed by atoms with Gasteiger partial charge in [0.1, 0.15) is 5.69 Å². The summed E-state index contributed by atoms with van der Waals surface area (Å²) in [6.45, 7) is 0.485. The smallest absolute Gasteiger partial charge is 0.294 e. The van der Waals surface area contributed by atoms with E-state index in [1.165, 1.54) is 6.07 Å². The molecule has 0 bridgehead atoms. The van der Waals surface area contributed by atoms with Gasteiger partial charge in [-0.15, -0.1) is 0 Å². The van der Waals surface area contributed by atoms with E-state index in [4.69, 9.17) is 11.6 Å². The molecule has 1 heterocycles. The Bertz CT molecular complexity index is 1010. The van der Waals surface area contributed by atoms with E-state index in [0.29, 0.717) is 36.5 Å². The van der Waals surface area contributed by atoms with E-state index in [2.05, 4.69) is 5.32 Å². The van der Waals surface area contributed by atoms with Gasteiger partial charge in [-0.2, -0.15) is 0 Å². The second kappa shape index (κ2) is 8.28. The van der Waals surface area contributed by atoms with Gasteiger partial charge < -0.3 is 5.32 Å². The van der Waals surface area contributed by atoms with Crippen LogP contribution < -0.4 is 10.2 Å². The summed E-state index contributed by atoms with van der Waals surface area (Å²) in [4.78, 5) is 37.7. The first kappa shape index (κ1) is 20.1. The van der Waals surface area contributed by atoms with Crippen molar-refractivity contribution in [2.24, 2.45) is 11.8 Å². The van der Waals surface area contributed by atoms with E-state index >= 15 is 0 Å². The highest BCUT2D eigenvalue weighted by atomic mass is 35.5. The lowest BCUT2D eigenvalue weighted by Crippen LogP contribution is -2.30. The number of amides is 2. The molecular formula is C22H20ClN3O4. The van der Waals surface area contributed by atoms with Gasteiger partial charge in [0.15, 0.2) is 0 Å². The molecule has 0 saturated carbocycles. The van der Waals surface area contributed by atoms with Gasteiger partial charge in [-0.05, 0) is 49.1 Å². The molecule has 1 aliphatic heterocycles. The molecule has 4 rings (SSSR count). The third-order valence-electron chi connectivity index (χ3n) is 5.59.